The number of fused-ring (bicyclic) bond motifs is 1. The Balaban J connectivity index is 1.57. The molecule has 2 aliphatic heterocycles. The molecular formula is C23H19ClF2N2O4. The fraction of sp³-hybridized carbons (Fsp3) is 0.304. The number of benzene rings is 2. The number of carbonyl (C=O) groups is 4. The van der Waals surface area contributed by atoms with Crippen molar-refractivity contribution >= 4 is 35.1 Å². The van der Waals surface area contributed by atoms with Gasteiger partial charge < -0.3 is 4.90 Å². The van der Waals surface area contributed by atoms with Crippen LogP contribution in [0, 0.1) is 0 Å². The van der Waals surface area contributed by atoms with Gasteiger partial charge >= 0.3 is 5.92 Å². The molecule has 32 heavy (non-hydrogen) atoms. The zero-order valence-electron chi connectivity index (χ0n) is 19.5. The second kappa shape index (κ2) is 8.43. The maximum atomic E-state index is 14.6. The van der Waals surface area contributed by atoms with E-state index in [1.807, 2.05) is 0 Å². The van der Waals surface area contributed by atoms with Crippen LogP contribution in [0.5, 0.6) is 0 Å². The monoisotopic (exact) mass is 463 g/mol. The van der Waals surface area contributed by atoms with Crippen LogP contribution >= 0.6 is 11.6 Å². The van der Waals surface area contributed by atoms with Gasteiger partial charge in [-0.1, -0.05) is 35.9 Å². The van der Waals surface area contributed by atoms with Crippen molar-refractivity contribution < 1.29 is 32.1 Å². The number of Topliss-reactive ketones (excluding diaryl/α,β-unsaturated/α-hetero) is 1. The molecule has 2 aromatic carbocycles. The van der Waals surface area contributed by atoms with Crippen molar-refractivity contribution in [2.24, 2.45) is 0 Å². The number of hydrogen-bond acceptors (Lipinski definition) is 4. The lowest BCUT2D eigenvalue weighted by molar-refractivity contribution is -0.144. The summed E-state index contributed by atoms with van der Waals surface area (Å²) in [5.74, 6) is -7.31. The highest BCUT2D eigenvalue weighted by Crippen LogP contribution is 2.32. The molecule has 0 spiro atoms. The lowest BCUT2D eigenvalue weighted by Crippen LogP contribution is -2.52. The average molecular weight is 464 g/mol. The molecule has 0 saturated carbocycles. The maximum absolute atomic E-state index is 14.6. The van der Waals surface area contributed by atoms with Crippen molar-refractivity contribution in [3.8, 4) is 0 Å². The topological polar surface area (TPSA) is 83.6 Å². The van der Waals surface area contributed by atoms with E-state index in [2.05, 4.69) is 5.32 Å². The van der Waals surface area contributed by atoms with Crippen molar-refractivity contribution in [1.82, 2.24) is 10.2 Å². The molecule has 1 saturated heterocycles. The van der Waals surface area contributed by atoms with Crippen molar-refractivity contribution in [2.75, 3.05) is 0 Å². The van der Waals surface area contributed by atoms with Crippen molar-refractivity contribution in [2.45, 2.75) is 44.1 Å². The Bertz CT molecular complexity index is 1240. The Kier molecular flexibility index (Phi) is 4.86. The van der Waals surface area contributed by atoms with Crippen molar-refractivity contribution in [3.05, 3.63) is 69.7 Å². The third kappa shape index (κ3) is 4.14. The van der Waals surface area contributed by atoms with E-state index in [-0.39, 0.29) is 40.6 Å². The summed E-state index contributed by atoms with van der Waals surface area (Å²) in [5, 5.41) is 2.35. The van der Waals surface area contributed by atoms with Gasteiger partial charge in [0.2, 0.25) is 17.6 Å². The zero-order valence-corrected chi connectivity index (χ0v) is 17.3. The minimum Gasteiger partial charge on any atom is -0.322 e. The molecule has 1 fully saturated rings. The van der Waals surface area contributed by atoms with Gasteiger partial charge in [-0.15, -0.1) is 0 Å². The molecule has 1 N–H and O–H groups in total. The van der Waals surface area contributed by atoms with E-state index in [4.69, 9.17) is 15.7 Å². The molecule has 2 heterocycles. The van der Waals surface area contributed by atoms with Gasteiger partial charge in [0.1, 0.15) is 6.04 Å². The van der Waals surface area contributed by atoms with Gasteiger partial charge in [0.15, 0.2) is 0 Å². The van der Waals surface area contributed by atoms with Gasteiger partial charge in [-0.2, -0.15) is 8.78 Å². The number of nitrogens with one attached hydrogen (secondary N) is 1. The van der Waals surface area contributed by atoms with E-state index in [1.165, 1.54) is 18.2 Å². The Morgan fingerprint density at radius 1 is 1.28 bits per heavy atom. The molecule has 0 radical (unpaired) electrons. The summed E-state index contributed by atoms with van der Waals surface area (Å²) in [5.41, 5.74) is -0.644. The van der Waals surface area contributed by atoms with Crippen LogP contribution in [0.2, 0.25) is 5.02 Å². The molecule has 4 rings (SSSR count). The van der Waals surface area contributed by atoms with E-state index in [1.54, 1.807) is 0 Å². The summed E-state index contributed by atoms with van der Waals surface area (Å²) < 4.78 is 54.3. The fourth-order valence-corrected chi connectivity index (χ4v) is 3.74. The Hall–Kier alpha value is -3.13. The molecular weight excluding hydrogens is 442 g/mol. The van der Waals surface area contributed by atoms with E-state index in [0.717, 1.165) is 23.1 Å². The summed E-state index contributed by atoms with van der Waals surface area (Å²) in [6.07, 6.45) is -2.35. The molecule has 2 aromatic rings. The van der Waals surface area contributed by atoms with Crippen LogP contribution in [0.3, 0.4) is 0 Å². The van der Waals surface area contributed by atoms with E-state index in [0.29, 0.717) is 0 Å². The Morgan fingerprint density at radius 2 is 2.00 bits per heavy atom. The predicted octanol–water partition coefficient (Wildman–Crippen LogP) is 3.39. The first-order chi connectivity index (χ1) is 16.4. The highest BCUT2D eigenvalue weighted by atomic mass is 35.5. The molecule has 3 unspecified atom stereocenters. The number of carbonyl (C=O) groups excluding carboxylic acids is 4. The molecule has 6 nitrogen and oxygen atoms in total. The van der Waals surface area contributed by atoms with Crippen LogP contribution in [0.15, 0.2) is 42.4 Å². The lowest BCUT2D eigenvalue weighted by atomic mass is 9.97. The first-order valence-corrected chi connectivity index (χ1v) is 10.1. The van der Waals surface area contributed by atoms with Gasteiger partial charge in [0.05, 0.1) is 2.74 Å². The molecule has 166 valence electrons. The normalized spacial score (nSPS) is 23.2. The van der Waals surface area contributed by atoms with E-state index >= 15 is 0 Å². The van der Waals surface area contributed by atoms with Crippen LogP contribution in [0.25, 0.3) is 0 Å². The first-order valence-electron chi connectivity index (χ1n) is 11.4. The number of rotatable bonds is 6. The summed E-state index contributed by atoms with van der Waals surface area (Å²) in [7, 11) is 0. The minimum atomic E-state index is -3.86. The molecule has 3 atom stereocenters. The zero-order chi connectivity index (χ0) is 25.7. The predicted molar refractivity (Wildman–Crippen MR) is 111 cm³/mol. The van der Waals surface area contributed by atoms with Gasteiger partial charge in [-0.05, 0) is 42.1 Å². The Labute approximate surface area is 191 Å². The molecule has 0 aliphatic carbocycles. The summed E-state index contributed by atoms with van der Waals surface area (Å²) in [4.78, 5) is 49.9. The molecule has 9 heteroatoms. The molecule has 2 aliphatic rings. The molecule has 0 bridgehead atoms. The Morgan fingerprint density at radius 3 is 2.69 bits per heavy atom. The minimum absolute atomic E-state index is 0.0129. The van der Waals surface area contributed by atoms with Gasteiger partial charge in [0, 0.05) is 36.9 Å². The number of ketones is 1. The first kappa shape index (κ1) is 18.4. The number of piperidine rings is 1. The number of amides is 3. The average Bonchev–Trinajstić information content (AvgIpc) is 3.04. The largest absolute Gasteiger partial charge is 0.330 e. The number of nitrogens with zero attached hydrogens (tertiary/aromatic N) is 1. The summed E-state index contributed by atoms with van der Waals surface area (Å²) in [6, 6.07) is 5.47. The summed E-state index contributed by atoms with van der Waals surface area (Å²) >= 11 is 5.71. The van der Waals surface area contributed by atoms with Crippen LogP contribution < -0.4 is 5.32 Å². The number of halogens is 3. The number of alkyl halides is 2. The standard InChI is InChI=1S/C23H19ClF2N2O4/c24-16-5-3-15(4-6-16)23(25,26)19(29)9-2-13-1-7-17-14(11-13)12-28(22(17)32)18-8-10-20(30)27-21(18)31/h1,3-7,11,18H,2,8-10,12H2,(H,27,30,31)/i2D,7D,12D. The summed E-state index contributed by atoms with van der Waals surface area (Å²) in [6.45, 7) is -1.40. The smallest absolute Gasteiger partial charge is 0.322 e. The van der Waals surface area contributed by atoms with E-state index < -0.39 is 60.4 Å². The SMILES string of the molecule is [2H]c1cc(C([2H])CC(=O)C(F)(F)c2ccc(Cl)cc2)cc2c1C(=O)N(C1CCC(=O)NC1=O)C2[2H]. The van der Waals surface area contributed by atoms with Gasteiger partial charge in [-0.3, -0.25) is 24.5 Å². The van der Waals surface area contributed by atoms with Crippen molar-refractivity contribution in [3.63, 3.8) is 0 Å². The number of hydrogen-bond donors (Lipinski definition) is 1. The number of imide groups is 1. The van der Waals surface area contributed by atoms with Crippen molar-refractivity contribution in [1.29, 1.82) is 0 Å². The quantitative estimate of drug-likeness (QED) is 0.665. The third-order valence-electron chi connectivity index (χ3n) is 5.35. The van der Waals surface area contributed by atoms with Crippen LogP contribution in [-0.4, -0.2) is 34.4 Å². The maximum Gasteiger partial charge on any atom is 0.330 e. The molecule has 3 amide bonds. The fourth-order valence-electron chi connectivity index (χ4n) is 3.61. The third-order valence-corrected chi connectivity index (χ3v) is 5.60. The second-order valence-corrected chi connectivity index (χ2v) is 7.92. The number of aryl methyl sites for hydroxylation is 1. The highest BCUT2D eigenvalue weighted by molar-refractivity contribution is 6.30. The van der Waals surface area contributed by atoms with Crippen LogP contribution in [0.1, 0.15) is 50.4 Å². The van der Waals surface area contributed by atoms with Gasteiger partial charge in [-0.25, -0.2) is 0 Å². The highest BCUT2D eigenvalue weighted by Gasteiger charge is 2.41. The second-order valence-electron chi connectivity index (χ2n) is 7.48. The van der Waals surface area contributed by atoms with Crippen LogP contribution in [-0.2, 0) is 33.2 Å². The lowest BCUT2D eigenvalue weighted by Gasteiger charge is -2.29. The molecule has 0 aromatic heterocycles. The van der Waals surface area contributed by atoms with Crippen LogP contribution in [0.4, 0.5) is 8.78 Å². The van der Waals surface area contributed by atoms with Gasteiger partial charge in [0.25, 0.3) is 5.91 Å². The van der Waals surface area contributed by atoms with E-state index in [9.17, 15) is 28.0 Å².